The molecule has 0 bridgehead atoms. The van der Waals surface area contributed by atoms with Gasteiger partial charge in [0.1, 0.15) is 12.4 Å². The Bertz CT molecular complexity index is 884. The molecule has 2 aromatic carbocycles. The van der Waals surface area contributed by atoms with Gasteiger partial charge in [0.2, 0.25) is 5.13 Å². The number of nitrogens with zero attached hydrogens (tertiary/aromatic N) is 2. The lowest BCUT2D eigenvalue weighted by Crippen LogP contribution is -2.19. The standard InChI is InChI=1S/C17H15ClN4O2S/c1-11-6-2-4-8-13(11)19-16(23)20-17-22-21-15(25-17)10-24-14-9-5-3-7-12(14)18/h2-9H,10H2,1H3,(H2,19,20,22,23). The minimum absolute atomic E-state index is 0.225. The van der Waals surface area contributed by atoms with Crippen LogP contribution in [0.2, 0.25) is 5.02 Å². The molecule has 3 rings (SSSR count). The van der Waals surface area contributed by atoms with Crippen LogP contribution in [0, 0.1) is 6.92 Å². The van der Waals surface area contributed by atoms with Crippen molar-refractivity contribution >= 4 is 39.8 Å². The molecular formula is C17H15ClN4O2S. The van der Waals surface area contributed by atoms with Crippen molar-refractivity contribution < 1.29 is 9.53 Å². The molecule has 0 fully saturated rings. The van der Waals surface area contributed by atoms with Crippen LogP contribution in [-0.2, 0) is 6.61 Å². The van der Waals surface area contributed by atoms with Crippen molar-refractivity contribution in [1.82, 2.24) is 10.2 Å². The first kappa shape index (κ1) is 17.2. The lowest BCUT2D eigenvalue weighted by molar-refractivity contribution is 0.262. The third-order valence-electron chi connectivity index (χ3n) is 3.27. The van der Waals surface area contributed by atoms with E-state index in [-0.39, 0.29) is 12.6 Å². The van der Waals surface area contributed by atoms with E-state index in [1.165, 1.54) is 11.3 Å². The highest BCUT2D eigenvalue weighted by Gasteiger charge is 2.10. The molecule has 8 heteroatoms. The number of ether oxygens (including phenoxy) is 1. The van der Waals surface area contributed by atoms with Crippen molar-refractivity contribution in [3.05, 3.63) is 64.1 Å². The van der Waals surface area contributed by atoms with E-state index in [4.69, 9.17) is 16.3 Å². The summed E-state index contributed by atoms with van der Waals surface area (Å²) in [6.07, 6.45) is 0. The number of carbonyl (C=O) groups excluding carboxylic acids is 1. The molecule has 0 aliphatic heterocycles. The monoisotopic (exact) mass is 374 g/mol. The first-order valence-electron chi connectivity index (χ1n) is 7.45. The second kappa shape index (κ2) is 7.96. The molecule has 0 saturated heterocycles. The molecule has 0 aliphatic rings. The van der Waals surface area contributed by atoms with Gasteiger partial charge in [-0.3, -0.25) is 5.32 Å². The van der Waals surface area contributed by atoms with E-state index in [0.29, 0.717) is 20.9 Å². The van der Waals surface area contributed by atoms with Gasteiger partial charge in [0.25, 0.3) is 0 Å². The van der Waals surface area contributed by atoms with Crippen molar-refractivity contribution in [2.45, 2.75) is 13.5 Å². The lowest BCUT2D eigenvalue weighted by atomic mass is 10.2. The molecule has 3 aromatic rings. The van der Waals surface area contributed by atoms with E-state index in [1.807, 2.05) is 43.3 Å². The van der Waals surface area contributed by atoms with Gasteiger partial charge < -0.3 is 10.1 Å². The summed E-state index contributed by atoms with van der Waals surface area (Å²) >= 11 is 7.27. The number of hydrogen-bond acceptors (Lipinski definition) is 5. The van der Waals surface area contributed by atoms with Crippen molar-refractivity contribution in [3.8, 4) is 5.75 Å². The molecule has 0 saturated carbocycles. The largest absolute Gasteiger partial charge is 0.485 e. The summed E-state index contributed by atoms with van der Waals surface area (Å²) in [5.74, 6) is 0.575. The highest BCUT2D eigenvalue weighted by Crippen LogP contribution is 2.25. The Kier molecular flexibility index (Phi) is 5.47. The number of hydrogen-bond donors (Lipinski definition) is 2. The average molecular weight is 375 g/mol. The first-order valence-corrected chi connectivity index (χ1v) is 8.64. The van der Waals surface area contributed by atoms with E-state index in [1.54, 1.807) is 12.1 Å². The van der Waals surface area contributed by atoms with Crippen LogP contribution in [0.4, 0.5) is 15.6 Å². The summed E-state index contributed by atoms with van der Waals surface area (Å²) in [5.41, 5.74) is 1.72. The number of amides is 2. The fourth-order valence-corrected chi connectivity index (χ4v) is 2.87. The Morgan fingerprint density at radius 3 is 2.68 bits per heavy atom. The number of para-hydroxylation sites is 2. The Morgan fingerprint density at radius 1 is 1.12 bits per heavy atom. The summed E-state index contributed by atoms with van der Waals surface area (Å²) in [4.78, 5) is 12.0. The van der Waals surface area contributed by atoms with Crippen LogP contribution in [0.3, 0.4) is 0 Å². The first-order chi connectivity index (χ1) is 12.1. The normalized spacial score (nSPS) is 10.3. The third-order valence-corrected chi connectivity index (χ3v) is 4.39. The fourth-order valence-electron chi connectivity index (χ4n) is 2.03. The topological polar surface area (TPSA) is 76.1 Å². The van der Waals surface area contributed by atoms with Gasteiger partial charge in [-0.1, -0.05) is 53.3 Å². The molecule has 2 N–H and O–H groups in total. The molecule has 0 atom stereocenters. The molecule has 128 valence electrons. The molecule has 25 heavy (non-hydrogen) atoms. The minimum Gasteiger partial charge on any atom is -0.485 e. The number of benzene rings is 2. The van der Waals surface area contributed by atoms with Crippen LogP contribution in [0.15, 0.2) is 48.5 Å². The summed E-state index contributed by atoms with van der Waals surface area (Å²) in [6.45, 7) is 2.15. The number of aryl methyl sites for hydroxylation is 1. The smallest absolute Gasteiger partial charge is 0.325 e. The lowest BCUT2D eigenvalue weighted by Gasteiger charge is -2.07. The Labute approximate surface area is 153 Å². The molecule has 0 aliphatic carbocycles. The molecule has 1 aromatic heterocycles. The van der Waals surface area contributed by atoms with Crippen LogP contribution in [0.25, 0.3) is 0 Å². The van der Waals surface area contributed by atoms with Gasteiger partial charge in [0.05, 0.1) is 5.02 Å². The van der Waals surface area contributed by atoms with E-state index >= 15 is 0 Å². The Hall–Kier alpha value is -2.64. The van der Waals surface area contributed by atoms with E-state index in [9.17, 15) is 4.79 Å². The summed E-state index contributed by atoms with van der Waals surface area (Å²) in [7, 11) is 0. The SMILES string of the molecule is Cc1ccccc1NC(=O)Nc1nnc(COc2ccccc2Cl)s1. The number of nitrogens with one attached hydrogen (secondary N) is 2. The predicted molar refractivity (Wildman–Crippen MR) is 99.5 cm³/mol. The molecule has 0 radical (unpaired) electrons. The van der Waals surface area contributed by atoms with E-state index < -0.39 is 0 Å². The zero-order valence-electron chi connectivity index (χ0n) is 13.3. The quantitative estimate of drug-likeness (QED) is 0.677. The fraction of sp³-hybridized carbons (Fsp3) is 0.118. The number of aromatic nitrogens is 2. The number of urea groups is 1. The van der Waals surface area contributed by atoms with Crippen molar-refractivity contribution in [3.63, 3.8) is 0 Å². The van der Waals surface area contributed by atoms with Crippen molar-refractivity contribution in [2.75, 3.05) is 10.6 Å². The van der Waals surface area contributed by atoms with Gasteiger partial charge in [0, 0.05) is 5.69 Å². The van der Waals surface area contributed by atoms with Crippen molar-refractivity contribution in [2.24, 2.45) is 0 Å². The minimum atomic E-state index is -0.371. The van der Waals surface area contributed by atoms with Crippen molar-refractivity contribution in [1.29, 1.82) is 0 Å². The molecule has 0 spiro atoms. The molecule has 0 unspecified atom stereocenters. The van der Waals surface area contributed by atoms with Gasteiger partial charge >= 0.3 is 6.03 Å². The van der Waals surface area contributed by atoms with Crippen LogP contribution in [0.5, 0.6) is 5.75 Å². The van der Waals surface area contributed by atoms with Crippen LogP contribution in [0.1, 0.15) is 10.6 Å². The summed E-state index contributed by atoms with van der Waals surface area (Å²) in [5, 5.41) is 14.9. The van der Waals surface area contributed by atoms with Gasteiger partial charge in [0.15, 0.2) is 5.01 Å². The molecule has 2 amide bonds. The Morgan fingerprint density at radius 2 is 1.88 bits per heavy atom. The van der Waals surface area contributed by atoms with Gasteiger partial charge in [-0.05, 0) is 30.7 Å². The van der Waals surface area contributed by atoms with Gasteiger partial charge in [-0.25, -0.2) is 4.79 Å². The van der Waals surface area contributed by atoms with Crippen LogP contribution in [-0.4, -0.2) is 16.2 Å². The number of anilines is 2. The second-order valence-corrected chi connectivity index (χ2v) is 6.58. The second-order valence-electron chi connectivity index (χ2n) is 5.11. The number of halogens is 1. The zero-order valence-corrected chi connectivity index (χ0v) is 14.9. The molecule has 6 nitrogen and oxygen atoms in total. The number of rotatable bonds is 5. The number of carbonyl (C=O) groups is 1. The van der Waals surface area contributed by atoms with E-state index in [0.717, 1.165) is 11.3 Å². The highest BCUT2D eigenvalue weighted by atomic mass is 35.5. The maximum Gasteiger partial charge on any atom is 0.325 e. The maximum absolute atomic E-state index is 12.0. The van der Waals surface area contributed by atoms with Crippen LogP contribution >= 0.6 is 22.9 Å². The Balaban J connectivity index is 1.55. The van der Waals surface area contributed by atoms with E-state index in [2.05, 4.69) is 20.8 Å². The highest BCUT2D eigenvalue weighted by molar-refractivity contribution is 7.15. The molecule has 1 heterocycles. The van der Waals surface area contributed by atoms with Gasteiger partial charge in [-0.15, -0.1) is 10.2 Å². The average Bonchev–Trinajstić information content (AvgIpc) is 3.03. The third kappa shape index (κ3) is 4.68. The summed E-state index contributed by atoms with van der Waals surface area (Å²) < 4.78 is 5.60. The maximum atomic E-state index is 12.0. The summed E-state index contributed by atoms with van der Waals surface area (Å²) in [6, 6.07) is 14.3. The van der Waals surface area contributed by atoms with Gasteiger partial charge in [-0.2, -0.15) is 0 Å². The predicted octanol–water partition coefficient (Wildman–Crippen LogP) is 4.72. The molecular weight excluding hydrogens is 360 g/mol. The zero-order chi connectivity index (χ0) is 17.6. The van der Waals surface area contributed by atoms with Crippen LogP contribution < -0.4 is 15.4 Å².